The van der Waals surface area contributed by atoms with Gasteiger partial charge < -0.3 is 4.57 Å². The highest BCUT2D eigenvalue weighted by Crippen LogP contribution is 2.25. The highest BCUT2D eigenvalue weighted by Gasteiger charge is 2.11. The Balaban J connectivity index is 1.67. The zero-order chi connectivity index (χ0) is 15.8. The minimum absolute atomic E-state index is 0.371. The minimum Gasteiger partial charge on any atom is -0.327 e. The third kappa shape index (κ3) is 2.60. The highest BCUT2D eigenvalue weighted by molar-refractivity contribution is 9.11. The van der Waals surface area contributed by atoms with Crippen LogP contribution in [0.25, 0.3) is 22.1 Å². The van der Waals surface area contributed by atoms with Crippen molar-refractivity contribution in [1.82, 2.24) is 19.7 Å². The Hall–Kier alpha value is -2.32. The molecule has 4 aromatic rings. The largest absolute Gasteiger partial charge is 0.327 e. The smallest absolute Gasteiger partial charge is 0.265 e. The molecular weight excluding hydrogens is 376 g/mol. The van der Waals surface area contributed by atoms with E-state index >= 15 is 0 Å². The second-order valence-corrected chi connectivity index (χ2v) is 7.39. The second kappa shape index (κ2) is 5.71. The summed E-state index contributed by atoms with van der Waals surface area (Å²) in [7, 11) is 1.97. The number of benzene rings is 1. The number of hydrogen-bond acceptors (Lipinski definition) is 6. The number of hydrogen-bond donors (Lipinski definition) is 1. The third-order valence-electron chi connectivity index (χ3n) is 3.46. The van der Waals surface area contributed by atoms with E-state index in [0.29, 0.717) is 5.95 Å². The fourth-order valence-corrected chi connectivity index (χ4v) is 3.70. The van der Waals surface area contributed by atoms with Gasteiger partial charge in [-0.2, -0.15) is 10.1 Å². The Morgan fingerprint density at radius 2 is 2.09 bits per heavy atom. The van der Waals surface area contributed by atoms with Crippen molar-refractivity contribution in [2.45, 2.75) is 0 Å². The van der Waals surface area contributed by atoms with Crippen LogP contribution in [0.3, 0.4) is 0 Å². The molecule has 0 aliphatic heterocycles. The molecule has 0 saturated carbocycles. The maximum absolute atomic E-state index is 4.51. The van der Waals surface area contributed by atoms with E-state index in [1.165, 1.54) is 0 Å². The van der Waals surface area contributed by atoms with Crippen LogP contribution in [-0.4, -0.2) is 26.0 Å². The van der Waals surface area contributed by atoms with E-state index in [2.05, 4.69) is 41.6 Å². The Kier molecular flexibility index (Phi) is 3.55. The first-order valence-corrected chi connectivity index (χ1v) is 8.45. The van der Waals surface area contributed by atoms with E-state index < -0.39 is 0 Å². The average Bonchev–Trinajstić information content (AvgIpc) is 3.10. The number of anilines is 1. The second-order valence-electron chi connectivity index (χ2n) is 4.90. The van der Waals surface area contributed by atoms with Gasteiger partial charge in [0, 0.05) is 17.3 Å². The Morgan fingerprint density at radius 1 is 1.22 bits per heavy atom. The van der Waals surface area contributed by atoms with Gasteiger partial charge in [-0.1, -0.05) is 18.2 Å². The molecule has 23 heavy (non-hydrogen) atoms. The van der Waals surface area contributed by atoms with E-state index in [-0.39, 0.29) is 0 Å². The summed E-state index contributed by atoms with van der Waals surface area (Å²) in [6.07, 6.45) is 1.73. The van der Waals surface area contributed by atoms with Crippen LogP contribution in [0.2, 0.25) is 0 Å². The minimum atomic E-state index is 0.371. The predicted octanol–water partition coefficient (Wildman–Crippen LogP) is 3.79. The molecule has 0 bridgehead atoms. The van der Waals surface area contributed by atoms with Crippen molar-refractivity contribution >= 4 is 61.5 Å². The molecule has 3 heterocycles. The SMILES string of the molecule is Cn1c2ccccc2c2nnc(N/N=C\c3ccc(Br)s3)nc21. The molecule has 0 fully saturated rings. The summed E-state index contributed by atoms with van der Waals surface area (Å²) in [5.74, 6) is 0.371. The molecule has 3 aromatic heterocycles. The topological polar surface area (TPSA) is 68.0 Å². The first kappa shape index (κ1) is 14.3. The van der Waals surface area contributed by atoms with E-state index in [0.717, 1.165) is 30.7 Å². The van der Waals surface area contributed by atoms with Crippen molar-refractivity contribution in [2.75, 3.05) is 5.43 Å². The molecule has 0 radical (unpaired) electrons. The molecular formula is C15H11BrN6S. The lowest BCUT2D eigenvalue weighted by atomic mass is 10.2. The highest BCUT2D eigenvalue weighted by atomic mass is 79.9. The number of nitrogens with zero attached hydrogens (tertiary/aromatic N) is 5. The summed E-state index contributed by atoms with van der Waals surface area (Å²) in [6, 6.07) is 12.0. The lowest BCUT2D eigenvalue weighted by Gasteiger charge is -1.99. The Labute approximate surface area is 144 Å². The van der Waals surface area contributed by atoms with Gasteiger partial charge in [0.15, 0.2) is 5.65 Å². The number of fused-ring (bicyclic) bond motifs is 3. The van der Waals surface area contributed by atoms with E-state index in [9.17, 15) is 0 Å². The maximum atomic E-state index is 4.51. The zero-order valence-electron chi connectivity index (χ0n) is 12.1. The number of halogens is 1. The summed E-state index contributed by atoms with van der Waals surface area (Å²) in [4.78, 5) is 5.54. The van der Waals surface area contributed by atoms with Gasteiger partial charge in [0.2, 0.25) is 0 Å². The predicted molar refractivity (Wildman–Crippen MR) is 97.0 cm³/mol. The molecule has 0 atom stereocenters. The van der Waals surface area contributed by atoms with Gasteiger partial charge in [-0.3, -0.25) is 0 Å². The number of thiophene rings is 1. The van der Waals surface area contributed by atoms with E-state index in [1.807, 2.05) is 48.0 Å². The van der Waals surface area contributed by atoms with Gasteiger partial charge in [-0.05, 0) is 34.1 Å². The molecule has 8 heteroatoms. The Morgan fingerprint density at radius 3 is 2.91 bits per heavy atom. The molecule has 0 aliphatic rings. The standard InChI is InChI=1S/C15H11BrN6S/c1-22-11-5-3-2-4-10(11)13-14(22)18-15(21-19-13)20-17-8-9-6-7-12(16)23-9/h2-8H,1H3,(H,18,20,21)/b17-8-. The number of para-hydroxylation sites is 1. The lowest BCUT2D eigenvalue weighted by Crippen LogP contribution is -2.00. The molecule has 0 amide bonds. The van der Waals surface area contributed by atoms with Crippen LogP contribution in [0.15, 0.2) is 45.3 Å². The maximum Gasteiger partial charge on any atom is 0.265 e. The van der Waals surface area contributed by atoms with Gasteiger partial charge in [-0.15, -0.1) is 21.5 Å². The molecule has 0 unspecified atom stereocenters. The number of nitrogens with one attached hydrogen (secondary N) is 1. The number of rotatable bonds is 3. The van der Waals surface area contributed by atoms with Gasteiger partial charge >= 0.3 is 0 Å². The quantitative estimate of drug-likeness (QED) is 0.429. The van der Waals surface area contributed by atoms with Gasteiger partial charge in [0.05, 0.1) is 15.5 Å². The van der Waals surface area contributed by atoms with Crippen molar-refractivity contribution in [3.8, 4) is 0 Å². The third-order valence-corrected chi connectivity index (χ3v) is 5.02. The molecule has 0 saturated heterocycles. The van der Waals surface area contributed by atoms with Gasteiger partial charge in [-0.25, -0.2) is 5.43 Å². The number of hydrazone groups is 1. The molecule has 1 N–H and O–H groups in total. The zero-order valence-corrected chi connectivity index (χ0v) is 14.5. The molecule has 114 valence electrons. The summed E-state index contributed by atoms with van der Waals surface area (Å²) >= 11 is 5.02. The molecule has 1 aromatic carbocycles. The van der Waals surface area contributed by atoms with Crippen molar-refractivity contribution in [3.63, 3.8) is 0 Å². The average molecular weight is 387 g/mol. The summed E-state index contributed by atoms with van der Waals surface area (Å²) in [6.45, 7) is 0. The molecule has 4 rings (SSSR count). The molecule has 0 spiro atoms. The van der Waals surface area contributed by atoms with Crippen molar-refractivity contribution < 1.29 is 0 Å². The fourth-order valence-electron chi connectivity index (χ4n) is 2.40. The van der Waals surface area contributed by atoms with Crippen molar-refractivity contribution in [3.05, 3.63) is 45.1 Å². The molecule has 0 aliphatic carbocycles. The summed E-state index contributed by atoms with van der Waals surface area (Å²) in [5, 5.41) is 13.6. The monoisotopic (exact) mass is 386 g/mol. The van der Waals surface area contributed by atoms with Crippen LogP contribution in [0.5, 0.6) is 0 Å². The number of aryl methyl sites for hydroxylation is 1. The first-order chi connectivity index (χ1) is 11.2. The van der Waals surface area contributed by atoms with Crippen LogP contribution in [0, 0.1) is 0 Å². The van der Waals surface area contributed by atoms with Crippen molar-refractivity contribution in [1.29, 1.82) is 0 Å². The van der Waals surface area contributed by atoms with Gasteiger partial charge in [0.25, 0.3) is 5.95 Å². The molecule has 6 nitrogen and oxygen atoms in total. The van der Waals surface area contributed by atoms with Crippen LogP contribution in [0.4, 0.5) is 5.95 Å². The lowest BCUT2D eigenvalue weighted by molar-refractivity contribution is 0.949. The van der Waals surface area contributed by atoms with Crippen LogP contribution in [-0.2, 0) is 7.05 Å². The Bertz CT molecular complexity index is 1030. The van der Waals surface area contributed by atoms with Gasteiger partial charge in [0.1, 0.15) is 5.52 Å². The fraction of sp³-hybridized carbons (Fsp3) is 0.0667. The summed E-state index contributed by atoms with van der Waals surface area (Å²) < 4.78 is 3.07. The summed E-state index contributed by atoms with van der Waals surface area (Å²) in [5.41, 5.74) is 5.47. The van der Waals surface area contributed by atoms with Crippen LogP contribution in [0.1, 0.15) is 4.88 Å². The van der Waals surface area contributed by atoms with Crippen LogP contribution < -0.4 is 5.43 Å². The normalized spacial score (nSPS) is 11.7. The van der Waals surface area contributed by atoms with E-state index in [1.54, 1.807) is 17.6 Å². The van der Waals surface area contributed by atoms with E-state index in [4.69, 9.17) is 0 Å². The van der Waals surface area contributed by atoms with Crippen molar-refractivity contribution in [2.24, 2.45) is 12.1 Å². The first-order valence-electron chi connectivity index (χ1n) is 6.84. The van der Waals surface area contributed by atoms with Crippen LogP contribution >= 0.6 is 27.3 Å². The number of aromatic nitrogens is 4.